The molecule has 0 saturated heterocycles. The molecule has 0 spiro atoms. The average molecular weight is 260 g/mol. The highest BCUT2D eigenvalue weighted by Crippen LogP contribution is 2.25. The molecule has 0 aliphatic carbocycles. The fourth-order valence-electron chi connectivity index (χ4n) is 1.83. The molecule has 0 N–H and O–H groups in total. The van der Waals surface area contributed by atoms with Gasteiger partial charge in [-0.2, -0.15) is 5.10 Å². The standard InChI is InChI=1S/C15H17FN2O/c1-10-7-11(5-6-13(10)16)14-12(9-19)8-18(17-14)15(2,3)4/h5-9H,1-4H3. The zero-order chi connectivity index (χ0) is 14.2. The number of aryl methyl sites for hydroxylation is 1. The van der Waals surface area contributed by atoms with Gasteiger partial charge in [0.1, 0.15) is 11.5 Å². The molecule has 19 heavy (non-hydrogen) atoms. The van der Waals surface area contributed by atoms with Gasteiger partial charge in [0.15, 0.2) is 6.29 Å². The summed E-state index contributed by atoms with van der Waals surface area (Å²) in [5.41, 5.74) is 2.20. The van der Waals surface area contributed by atoms with E-state index in [0.717, 1.165) is 11.8 Å². The van der Waals surface area contributed by atoms with E-state index in [1.807, 2.05) is 20.8 Å². The highest BCUT2D eigenvalue weighted by atomic mass is 19.1. The van der Waals surface area contributed by atoms with Crippen molar-refractivity contribution in [3.8, 4) is 11.3 Å². The van der Waals surface area contributed by atoms with E-state index in [1.54, 1.807) is 29.9 Å². The van der Waals surface area contributed by atoms with Crippen LogP contribution in [-0.4, -0.2) is 16.1 Å². The first-order valence-corrected chi connectivity index (χ1v) is 6.15. The fourth-order valence-corrected chi connectivity index (χ4v) is 1.83. The number of nitrogens with zero attached hydrogens (tertiary/aromatic N) is 2. The molecule has 2 aromatic rings. The van der Waals surface area contributed by atoms with Crippen LogP contribution in [0.1, 0.15) is 36.7 Å². The summed E-state index contributed by atoms with van der Waals surface area (Å²) < 4.78 is 15.1. The molecule has 0 amide bonds. The molecule has 3 nitrogen and oxygen atoms in total. The number of aldehydes is 1. The van der Waals surface area contributed by atoms with Crippen molar-refractivity contribution in [2.24, 2.45) is 0 Å². The smallest absolute Gasteiger partial charge is 0.153 e. The molecular weight excluding hydrogens is 243 g/mol. The molecule has 0 unspecified atom stereocenters. The predicted octanol–water partition coefficient (Wildman–Crippen LogP) is 3.57. The molecule has 0 atom stereocenters. The van der Waals surface area contributed by atoms with Crippen LogP contribution >= 0.6 is 0 Å². The van der Waals surface area contributed by atoms with Crippen molar-refractivity contribution in [1.82, 2.24) is 9.78 Å². The number of hydrogen-bond donors (Lipinski definition) is 0. The van der Waals surface area contributed by atoms with Crippen molar-refractivity contribution in [1.29, 1.82) is 0 Å². The van der Waals surface area contributed by atoms with E-state index in [2.05, 4.69) is 5.10 Å². The topological polar surface area (TPSA) is 34.9 Å². The van der Waals surface area contributed by atoms with Crippen LogP contribution in [0.4, 0.5) is 4.39 Å². The Hall–Kier alpha value is -1.97. The number of hydrogen-bond acceptors (Lipinski definition) is 2. The maximum absolute atomic E-state index is 13.3. The van der Waals surface area contributed by atoms with E-state index in [9.17, 15) is 9.18 Å². The van der Waals surface area contributed by atoms with Crippen molar-refractivity contribution in [3.63, 3.8) is 0 Å². The number of aromatic nitrogens is 2. The average Bonchev–Trinajstić information content (AvgIpc) is 2.76. The SMILES string of the molecule is Cc1cc(-c2nn(C(C)(C)C)cc2C=O)ccc1F. The molecule has 0 saturated carbocycles. The second-order valence-electron chi connectivity index (χ2n) is 5.63. The van der Waals surface area contributed by atoms with Crippen LogP contribution in [0.15, 0.2) is 24.4 Å². The second-order valence-corrected chi connectivity index (χ2v) is 5.63. The van der Waals surface area contributed by atoms with Crippen LogP contribution in [0, 0.1) is 12.7 Å². The van der Waals surface area contributed by atoms with Gasteiger partial charge in [-0.15, -0.1) is 0 Å². The van der Waals surface area contributed by atoms with E-state index >= 15 is 0 Å². The van der Waals surface area contributed by atoms with Crippen LogP contribution in [0.25, 0.3) is 11.3 Å². The van der Waals surface area contributed by atoms with Gasteiger partial charge in [-0.05, 0) is 51.5 Å². The summed E-state index contributed by atoms with van der Waals surface area (Å²) in [6.45, 7) is 7.72. The van der Waals surface area contributed by atoms with E-state index in [1.165, 1.54) is 6.07 Å². The van der Waals surface area contributed by atoms with Crippen molar-refractivity contribution < 1.29 is 9.18 Å². The maximum Gasteiger partial charge on any atom is 0.153 e. The monoisotopic (exact) mass is 260 g/mol. The number of benzene rings is 1. The third-order valence-corrected chi connectivity index (χ3v) is 2.99. The second kappa shape index (κ2) is 4.61. The summed E-state index contributed by atoms with van der Waals surface area (Å²) in [6.07, 6.45) is 2.50. The summed E-state index contributed by atoms with van der Waals surface area (Å²) >= 11 is 0. The Morgan fingerprint density at radius 2 is 2.00 bits per heavy atom. The Labute approximate surface area is 112 Å². The Balaban J connectivity index is 2.58. The van der Waals surface area contributed by atoms with Crippen LogP contribution in [0.3, 0.4) is 0 Å². The zero-order valence-corrected chi connectivity index (χ0v) is 11.6. The lowest BCUT2D eigenvalue weighted by Gasteiger charge is -2.18. The molecule has 100 valence electrons. The number of rotatable bonds is 2. The number of carbonyl (C=O) groups excluding carboxylic acids is 1. The van der Waals surface area contributed by atoms with Crippen molar-refractivity contribution in [2.75, 3.05) is 0 Å². The third kappa shape index (κ3) is 2.57. The van der Waals surface area contributed by atoms with Gasteiger partial charge in [0.25, 0.3) is 0 Å². The Morgan fingerprint density at radius 1 is 1.32 bits per heavy atom. The highest BCUT2D eigenvalue weighted by Gasteiger charge is 2.19. The van der Waals surface area contributed by atoms with Crippen LogP contribution < -0.4 is 0 Å². The first-order chi connectivity index (χ1) is 8.82. The molecule has 0 aliphatic heterocycles. The van der Waals surface area contributed by atoms with E-state index in [4.69, 9.17) is 0 Å². The minimum Gasteiger partial charge on any atom is -0.298 e. The van der Waals surface area contributed by atoms with Gasteiger partial charge in [-0.3, -0.25) is 9.48 Å². The lowest BCUT2D eigenvalue weighted by molar-refractivity contribution is 0.112. The minimum absolute atomic E-state index is 0.203. The molecule has 1 aromatic carbocycles. The molecule has 1 aromatic heterocycles. The van der Waals surface area contributed by atoms with E-state index in [0.29, 0.717) is 16.8 Å². The van der Waals surface area contributed by atoms with Gasteiger partial charge in [-0.1, -0.05) is 0 Å². The molecule has 1 heterocycles. The lowest BCUT2D eigenvalue weighted by atomic mass is 10.1. The summed E-state index contributed by atoms with van der Waals surface area (Å²) in [6, 6.07) is 4.75. The lowest BCUT2D eigenvalue weighted by Crippen LogP contribution is -2.22. The van der Waals surface area contributed by atoms with Crippen molar-refractivity contribution in [2.45, 2.75) is 33.2 Å². The van der Waals surface area contributed by atoms with Gasteiger partial charge in [0.2, 0.25) is 0 Å². The Bertz CT molecular complexity index is 624. The fraction of sp³-hybridized carbons (Fsp3) is 0.333. The van der Waals surface area contributed by atoms with Gasteiger partial charge in [0, 0.05) is 11.8 Å². The zero-order valence-electron chi connectivity index (χ0n) is 11.6. The molecule has 0 bridgehead atoms. The normalized spacial score (nSPS) is 11.6. The summed E-state index contributed by atoms with van der Waals surface area (Å²) in [7, 11) is 0. The summed E-state index contributed by atoms with van der Waals surface area (Å²) in [5.74, 6) is -0.258. The number of halogens is 1. The van der Waals surface area contributed by atoms with Gasteiger partial charge in [0.05, 0.1) is 11.1 Å². The molecule has 2 rings (SSSR count). The summed E-state index contributed by atoms with van der Waals surface area (Å²) in [5, 5.41) is 4.46. The largest absolute Gasteiger partial charge is 0.298 e. The maximum atomic E-state index is 13.3. The van der Waals surface area contributed by atoms with Crippen molar-refractivity contribution >= 4 is 6.29 Å². The van der Waals surface area contributed by atoms with E-state index in [-0.39, 0.29) is 11.4 Å². The van der Waals surface area contributed by atoms with E-state index < -0.39 is 0 Å². The highest BCUT2D eigenvalue weighted by molar-refractivity contribution is 5.85. The first-order valence-electron chi connectivity index (χ1n) is 6.15. The van der Waals surface area contributed by atoms with Crippen LogP contribution in [0.2, 0.25) is 0 Å². The van der Waals surface area contributed by atoms with Gasteiger partial charge in [-0.25, -0.2) is 4.39 Å². The summed E-state index contributed by atoms with van der Waals surface area (Å²) in [4.78, 5) is 11.2. The third-order valence-electron chi connectivity index (χ3n) is 2.99. The van der Waals surface area contributed by atoms with Gasteiger partial charge < -0.3 is 0 Å². The van der Waals surface area contributed by atoms with Gasteiger partial charge >= 0.3 is 0 Å². The molecule has 0 aliphatic rings. The Morgan fingerprint density at radius 3 is 2.53 bits per heavy atom. The van der Waals surface area contributed by atoms with Crippen molar-refractivity contribution in [3.05, 3.63) is 41.3 Å². The quantitative estimate of drug-likeness (QED) is 0.774. The Kier molecular flexibility index (Phi) is 3.27. The number of carbonyl (C=O) groups is 1. The minimum atomic E-state index is -0.258. The van der Waals surface area contributed by atoms with Crippen LogP contribution in [0.5, 0.6) is 0 Å². The molecule has 0 fully saturated rings. The molecule has 4 heteroatoms. The molecule has 0 radical (unpaired) electrons. The van der Waals surface area contributed by atoms with Crippen LogP contribution in [-0.2, 0) is 5.54 Å². The first kappa shape index (κ1) is 13.5. The molecular formula is C15H17FN2O. The predicted molar refractivity (Wildman–Crippen MR) is 72.7 cm³/mol.